The minimum absolute atomic E-state index is 0.00685. The molecule has 0 saturated carbocycles. The van der Waals surface area contributed by atoms with Crippen molar-refractivity contribution in [3.8, 4) is 11.5 Å². The third kappa shape index (κ3) is 7.27. The van der Waals surface area contributed by atoms with Gasteiger partial charge in [-0.1, -0.05) is 18.2 Å². The number of nitrogens with one attached hydrogen (secondary N) is 2. The molecule has 3 N–H and O–H groups in total. The van der Waals surface area contributed by atoms with Crippen LogP contribution in [0.1, 0.15) is 6.92 Å². The average molecular weight is 370 g/mol. The van der Waals surface area contributed by atoms with Gasteiger partial charge in [0.1, 0.15) is 24.7 Å². The number of phenols is 1. The summed E-state index contributed by atoms with van der Waals surface area (Å²) in [7, 11) is 1.90. The predicted molar refractivity (Wildman–Crippen MR) is 107 cm³/mol. The van der Waals surface area contributed by atoms with E-state index in [4.69, 9.17) is 4.74 Å². The molecule has 7 nitrogen and oxygen atoms in total. The molecule has 0 aliphatic carbocycles. The lowest BCUT2D eigenvalue weighted by Crippen LogP contribution is -2.41. The standard InChI is InChI=1S/C20H26N4O3/c1-3-21-20(24(2)13-14-27-18-7-5-4-6-8-18)22-15-19(26)23-16-9-11-17(25)12-10-16/h4-12,25H,3,13-15H2,1-2H3,(H,21,22)(H,23,26). The number of rotatable bonds is 8. The quantitative estimate of drug-likeness (QED) is 0.377. The molecule has 0 aromatic heterocycles. The fourth-order valence-electron chi connectivity index (χ4n) is 2.28. The lowest BCUT2D eigenvalue weighted by atomic mass is 10.3. The van der Waals surface area contributed by atoms with Gasteiger partial charge in [-0.3, -0.25) is 4.79 Å². The second-order valence-electron chi connectivity index (χ2n) is 5.85. The van der Waals surface area contributed by atoms with Crippen LogP contribution in [0.4, 0.5) is 5.69 Å². The summed E-state index contributed by atoms with van der Waals surface area (Å²) in [5, 5.41) is 15.2. The summed E-state index contributed by atoms with van der Waals surface area (Å²) in [4.78, 5) is 18.4. The fourth-order valence-corrected chi connectivity index (χ4v) is 2.28. The number of guanidine groups is 1. The van der Waals surface area contributed by atoms with E-state index in [1.54, 1.807) is 12.1 Å². The number of aliphatic imine (C=N–C) groups is 1. The molecule has 27 heavy (non-hydrogen) atoms. The molecule has 2 rings (SSSR count). The van der Waals surface area contributed by atoms with E-state index in [9.17, 15) is 9.90 Å². The molecule has 2 aromatic rings. The van der Waals surface area contributed by atoms with E-state index in [-0.39, 0.29) is 18.2 Å². The Kier molecular flexibility index (Phi) is 7.96. The van der Waals surface area contributed by atoms with Crippen molar-refractivity contribution < 1.29 is 14.6 Å². The van der Waals surface area contributed by atoms with Crippen molar-refractivity contribution in [1.82, 2.24) is 10.2 Å². The smallest absolute Gasteiger partial charge is 0.246 e. The van der Waals surface area contributed by atoms with E-state index in [2.05, 4.69) is 15.6 Å². The van der Waals surface area contributed by atoms with Gasteiger partial charge in [0.2, 0.25) is 5.91 Å². The first kappa shape index (κ1) is 20.1. The number of aromatic hydroxyl groups is 1. The van der Waals surface area contributed by atoms with Crippen molar-refractivity contribution >= 4 is 17.6 Å². The van der Waals surface area contributed by atoms with Gasteiger partial charge in [-0.15, -0.1) is 0 Å². The zero-order valence-electron chi connectivity index (χ0n) is 15.7. The molecule has 0 fully saturated rings. The molecule has 0 aliphatic heterocycles. The Balaban J connectivity index is 1.84. The number of nitrogens with zero attached hydrogens (tertiary/aromatic N) is 2. The Labute approximate surface area is 159 Å². The number of hydrogen-bond acceptors (Lipinski definition) is 4. The molecule has 1 amide bonds. The number of hydrogen-bond donors (Lipinski definition) is 3. The lowest BCUT2D eigenvalue weighted by Gasteiger charge is -2.22. The number of amides is 1. The van der Waals surface area contributed by atoms with Crippen molar-refractivity contribution in [3.63, 3.8) is 0 Å². The van der Waals surface area contributed by atoms with E-state index in [0.717, 1.165) is 5.75 Å². The SMILES string of the molecule is CCNC(=NCC(=O)Nc1ccc(O)cc1)N(C)CCOc1ccccc1. The first-order valence-electron chi connectivity index (χ1n) is 8.84. The maximum absolute atomic E-state index is 12.1. The number of anilines is 1. The van der Waals surface area contributed by atoms with Gasteiger partial charge >= 0.3 is 0 Å². The molecule has 0 heterocycles. The lowest BCUT2D eigenvalue weighted by molar-refractivity contribution is -0.114. The van der Waals surface area contributed by atoms with Gasteiger partial charge in [0.25, 0.3) is 0 Å². The number of phenolic OH excluding ortho intramolecular Hbond substituents is 1. The molecule has 0 unspecified atom stereocenters. The number of carbonyl (C=O) groups excluding carboxylic acids is 1. The molecule has 7 heteroatoms. The van der Waals surface area contributed by atoms with E-state index < -0.39 is 0 Å². The summed E-state index contributed by atoms with van der Waals surface area (Å²) in [5.74, 6) is 1.38. The van der Waals surface area contributed by atoms with Crippen LogP contribution in [0.3, 0.4) is 0 Å². The highest BCUT2D eigenvalue weighted by atomic mass is 16.5. The summed E-state index contributed by atoms with van der Waals surface area (Å²) in [6.45, 7) is 3.79. The Morgan fingerprint density at radius 2 is 1.85 bits per heavy atom. The third-order valence-electron chi connectivity index (χ3n) is 3.66. The van der Waals surface area contributed by atoms with Crippen LogP contribution in [-0.4, -0.2) is 55.2 Å². The van der Waals surface area contributed by atoms with Crippen LogP contribution in [-0.2, 0) is 4.79 Å². The van der Waals surface area contributed by atoms with Crippen molar-refractivity contribution in [3.05, 3.63) is 54.6 Å². The molecule has 144 valence electrons. The highest BCUT2D eigenvalue weighted by Gasteiger charge is 2.08. The average Bonchev–Trinajstić information content (AvgIpc) is 2.67. The number of para-hydroxylation sites is 1. The molecule has 0 saturated heterocycles. The van der Waals surface area contributed by atoms with Gasteiger partial charge in [0.15, 0.2) is 5.96 Å². The number of benzene rings is 2. The second kappa shape index (κ2) is 10.7. The highest BCUT2D eigenvalue weighted by Crippen LogP contribution is 2.13. The normalized spacial score (nSPS) is 11.0. The molecule has 0 spiro atoms. The number of carbonyl (C=O) groups is 1. The van der Waals surface area contributed by atoms with E-state index in [1.165, 1.54) is 12.1 Å². The summed E-state index contributed by atoms with van der Waals surface area (Å²) < 4.78 is 5.70. The van der Waals surface area contributed by atoms with Gasteiger partial charge in [0, 0.05) is 19.3 Å². The van der Waals surface area contributed by atoms with Crippen molar-refractivity contribution in [2.75, 3.05) is 38.6 Å². The second-order valence-corrected chi connectivity index (χ2v) is 5.85. The molecule has 0 atom stereocenters. The van der Waals surface area contributed by atoms with Crippen LogP contribution >= 0.6 is 0 Å². The van der Waals surface area contributed by atoms with E-state index in [1.807, 2.05) is 49.2 Å². The number of likely N-dealkylation sites (N-methyl/N-ethyl adjacent to an activating group) is 1. The monoisotopic (exact) mass is 370 g/mol. The maximum atomic E-state index is 12.1. The zero-order valence-corrected chi connectivity index (χ0v) is 15.7. The summed E-state index contributed by atoms with van der Waals surface area (Å²) in [6, 6.07) is 15.9. The fraction of sp³-hybridized carbons (Fsp3) is 0.300. The highest BCUT2D eigenvalue weighted by molar-refractivity contribution is 5.94. The van der Waals surface area contributed by atoms with E-state index >= 15 is 0 Å². The first-order valence-corrected chi connectivity index (χ1v) is 8.84. The number of ether oxygens (including phenoxy) is 1. The van der Waals surface area contributed by atoms with Gasteiger partial charge in [-0.25, -0.2) is 4.99 Å². The summed E-state index contributed by atoms with van der Waals surface area (Å²) in [6.07, 6.45) is 0. The molecule has 0 bridgehead atoms. The van der Waals surface area contributed by atoms with Crippen LogP contribution in [0.5, 0.6) is 11.5 Å². The molecular formula is C20H26N4O3. The Bertz CT molecular complexity index is 733. The maximum Gasteiger partial charge on any atom is 0.246 e. The summed E-state index contributed by atoms with van der Waals surface area (Å²) >= 11 is 0. The largest absolute Gasteiger partial charge is 0.508 e. The zero-order chi connectivity index (χ0) is 19.5. The first-order chi connectivity index (χ1) is 13.1. The molecule has 0 aliphatic rings. The van der Waals surface area contributed by atoms with Crippen LogP contribution in [0, 0.1) is 0 Å². The van der Waals surface area contributed by atoms with Crippen molar-refractivity contribution in [2.45, 2.75) is 6.92 Å². The van der Waals surface area contributed by atoms with Gasteiger partial charge < -0.3 is 25.4 Å². The molecular weight excluding hydrogens is 344 g/mol. The topological polar surface area (TPSA) is 86.2 Å². The Hall–Kier alpha value is -3.22. The molecule has 0 radical (unpaired) electrons. The van der Waals surface area contributed by atoms with E-state index in [0.29, 0.717) is 31.3 Å². The van der Waals surface area contributed by atoms with Gasteiger partial charge in [-0.05, 0) is 43.3 Å². The van der Waals surface area contributed by atoms with Crippen LogP contribution in [0.15, 0.2) is 59.6 Å². The Morgan fingerprint density at radius 3 is 2.52 bits per heavy atom. The summed E-state index contributed by atoms with van der Waals surface area (Å²) in [5.41, 5.74) is 0.614. The van der Waals surface area contributed by atoms with Crippen LogP contribution in [0.2, 0.25) is 0 Å². The minimum Gasteiger partial charge on any atom is -0.508 e. The van der Waals surface area contributed by atoms with Crippen molar-refractivity contribution in [2.24, 2.45) is 4.99 Å². The Morgan fingerprint density at radius 1 is 1.15 bits per heavy atom. The van der Waals surface area contributed by atoms with Crippen LogP contribution < -0.4 is 15.4 Å². The molecule has 2 aromatic carbocycles. The minimum atomic E-state index is -0.231. The van der Waals surface area contributed by atoms with Gasteiger partial charge in [0.05, 0.1) is 6.54 Å². The van der Waals surface area contributed by atoms with Crippen molar-refractivity contribution in [1.29, 1.82) is 0 Å². The van der Waals surface area contributed by atoms with Crippen LogP contribution in [0.25, 0.3) is 0 Å². The third-order valence-corrected chi connectivity index (χ3v) is 3.66. The van der Waals surface area contributed by atoms with Gasteiger partial charge in [-0.2, -0.15) is 0 Å². The predicted octanol–water partition coefficient (Wildman–Crippen LogP) is 2.31.